The summed E-state index contributed by atoms with van der Waals surface area (Å²) in [5.41, 5.74) is 1.96. The number of carbonyl (C=O) groups excluding carboxylic acids is 1. The Morgan fingerprint density at radius 2 is 1.86 bits per heavy atom. The summed E-state index contributed by atoms with van der Waals surface area (Å²) in [5, 5.41) is 3.06. The summed E-state index contributed by atoms with van der Waals surface area (Å²) in [4.78, 5) is 14.6. The zero-order valence-corrected chi connectivity index (χ0v) is 13.9. The molecule has 2 aromatic rings. The van der Waals surface area contributed by atoms with Crippen LogP contribution in [0.5, 0.6) is 0 Å². The van der Waals surface area contributed by atoms with Gasteiger partial charge >= 0.3 is 0 Å². The van der Waals surface area contributed by atoms with Gasteiger partial charge in [0.05, 0.1) is 5.56 Å². The molecule has 1 atom stereocenters. The summed E-state index contributed by atoms with van der Waals surface area (Å²) in [6.45, 7) is 2.78. The van der Waals surface area contributed by atoms with Crippen LogP contribution in [0.1, 0.15) is 16.8 Å². The number of anilines is 1. The molecule has 0 spiro atoms. The molecule has 1 N–H and O–H groups in total. The second-order valence-electron chi connectivity index (χ2n) is 5.63. The monoisotopic (exact) mass is 358 g/mol. The summed E-state index contributed by atoms with van der Waals surface area (Å²) < 4.78 is 0.838. The van der Waals surface area contributed by atoms with E-state index in [1.807, 2.05) is 30.3 Å². The Bertz CT molecular complexity index is 645. The molecule has 1 amide bonds. The molecule has 0 bridgehead atoms. The van der Waals surface area contributed by atoms with Gasteiger partial charge in [0.15, 0.2) is 0 Å². The third kappa shape index (κ3) is 3.50. The maximum Gasteiger partial charge on any atom is 0.252 e. The molecule has 1 saturated heterocycles. The predicted octanol–water partition coefficient (Wildman–Crippen LogP) is 3.71. The molecule has 1 heterocycles. The standard InChI is InChI=1S/C18H19BrN2O/c19-17-9-5-4-8-16(17)18(22)20-12-14-10-11-21(13-14)15-6-2-1-3-7-15/h1-9,14H,10-13H2,(H,20,22)/t14-/m0/s1. The first-order valence-electron chi connectivity index (χ1n) is 7.57. The number of carbonyl (C=O) groups is 1. The third-order valence-corrected chi connectivity index (χ3v) is 4.77. The second kappa shape index (κ2) is 6.97. The van der Waals surface area contributed by atoms with Gasteiger partial charge in [0.1, 0.15) is 0 Å². The lowest BCUT2D eigenvalue weighted by atomic mass is 10.1. The summed E-state index contributed by atoms with van der Waals surface area (Å²) >= 11 is 3.42. The Morgan fingerprint density at radius 1 is 1.14 bits per heavy atom. The van der Waals surface area contributed by atoms with Crippen molar-refractivity contribution in [1.29, 1.82) is 0 Å². The van der Waals surface area contributed by atoms with Crippen molar-refractivity contribution in [2.24, 2.45) is 5.92 Å². The van der Waals surface area contributed by atoms with E-state index in [2.05, 4.69) is 50.4 Å². The van der Waals surface area contributed by atoms with Crippen LogP contribution in [0.25, 0.3) is 0 Å². The lowest BCUT2D eigenvalue weighted by molar-refractivity contribution is 0.0947. The molecule has 0 aromatic heterocycles. The summed E-state index contributed by atoms with van der Waals surface area (Å²) in [5.74, 6) is 0.497. The van der Waals surface area contributed by atoms with Gasteiger partial charge in [-0.25, -0.2) is 0 Å². The van der Waals surface area contributed by atoms with E-state index in [4.69, 9.17) is 0 Å². The van der Waals surface area contributed by atoms with Crippen LogP contribution in [0, 0.1) is 5.92 Å². The maximum absolute atomic E-state index is 12.2. The maximum atomic E-state index is 12.2. The molecular formula is C18H19BrN2O. The molecule has 0 saturated carbocycles. The molecule has 1 aliphatic heterocycles. The normalized spacial score (nSPS) is 17.5. The Morgan fingerprint density at radius 3 is 2.64 bits per heavy atom. The Kier molecular flexibility index (Phi) is 4.78. The Hall–Kier alpha value is -1.81. The average molecular weight is 359 g/mol. The highest BCUT2D eigenvalue weighted by Gasteiger charge is 2.23. The van der Waals surface area contributed by atoms with Crippen LogP contribution in [0.15, 0.2) is 59.1 Å². The molecule has 4 heteroatoms. The molecule has 22 heavy (non-hydrogen) atoms. The van der Waals surface area contributed by atoms with E-state index in [0.29, 0.717) is 11.5 Å². The smallest absolute Gasteiger partial charge is 0.252 e. The summed E-state index contributed by atoms with van der Waals surface area (Å²) in [6.07, 6.45) is 1.12. The Labute approximate surface area is 139 Å². The second-order valence-corrected chi connectivity index (χ2v) is 6.48. The quantitative estimate of drug-likeness (QED) is 0.903. The fraction of sp³-hybridized carbons (Fsp3) is 0.278. The Balaban J connectivity index is 1.53. The van der Waals surface area contributed by atoms with Gasteiger partial charge in [0, 0.05) is 29.8 Å². The van der Waals surface area contributed by atoms with E-state index >= 15 is 0 Å². The minimum atomic E-state index is -0.00867. The van der Waals surface area contributed by atoms with E-state index < -0.39 is 0 Å². The van der Waals surface area contributed by atoms with Crippen molar-refractivity contribution in [2.75, 3.05) is 24.5 Å². The van der Waals surface area contributed by atoms with Crippen LogP contribution in [0.2, 0.25) is 0 Å². The number of hydrogen-bond donors (Lipinski definition) is 1. The van der Waals surface area contributed by atoms with Crippen LogP contribution in [0.4, 0.5) is 5.69 Å². The zero-order chi connectivity index (χ0) is 15.4. The first-order chi connectivity index (χ1) is 10.7. The van der Waals surface area contributed by atoms with Gasteiger partial charge < -0.3 is 10.2 Å². The number of rotatable bonds is 4. The van der Waals surface area contributed by atoms with Crippen molar-refractivity contribution in [3.05, 3.63) is 64.6 Å². The van der Waals surface area contributed by atoms with Gasteiger partial charge in [-0.2, -0.15) is 0 Å². The number of benzene rings is 2. The van der Waals surface area contributed by atoms with Crippen molar-refractivity contribution >= 4 is 27.5 Å². The van der Waals surface area contributed by atoms with Gasteiger partial charge in [-0.05, 0) is 52.5 Å². The lowest BCUT2D eigenvalue weighted by Gasteiger charge is -2.18. The molecular weight excluding hydrogens is 340 g/mol. The summed E-state index contributed by atoms with van der Waals surface area (Å²) in [6, 6.07) is 18.0. The number of amides is 1. The van der Waals surface area contributed by atoms with Crippen LogP contribution in [0.3, 0.4) is 0 Å². The third-order valence-electron chi connectivity index (χ3n) is 4.08. The highest BCUT2D eigenvalue weighted by atomic mass is 79.9. The first kappa shape index (κ1) is 15.1. The highest BCUT2D eigenvalue weighted by Crippen LogP contribution is 2.23. The average Bonchev–Trinajstić information content (AvgIpc) is 3.03. The fourth-order valence-corrected chi connectivity index (χ4v) is 3.32. The van der Waals surface area contributed by atoms with Crippen molar-refractivity contribution in [2.45, 2.75) is 6.42 Å². The number of nitrogens with zero attached hydrogens (tertiary/aromatic N) is 1. The van der Waals surface area contributed by atoms with E-state index in [1.54, 1.807) is 0 Å². The fourth-order valence-electron chi connectivity index (χ4n) is 2.85. The number of halogens is 1. The summed E-state index contributed by atoms with van der Waals surface area (Å²) in [7, 11) is 0. The van der Waals surface area contributed by atoms with Gasteiger partial charge in [0.2, 0.25) is 0 Å². The number of para-hydroxylation sites is 1. The van der Waals surface area contributed by atoms with Gasteiger partial charge in [-0.3, -0.25) is 4.79 Å². The van der Waals surface area contributed by atoms with Crippen molar-refractivity contribution in [3.8, 4) is 0 Å². The molecule has 3 nitrogen and oxygen atoms in total. The minimum absolute atomic E-state index is 0.00867. The van der Waals surface area contributed by atoms with Crippen molar-refractivity contribution in [3.63, 3.8) is 0 Å². The largest absolute Gasteiger partial charge is 0.371 e. The minimum Gasteiger partial charge on any atom is -0.371 e. The predicted molar refractivity (Wildman–Crippen MR) is 93.2 cm³/mol. The molecule has 1 fully saturated rings. The zero-order valence-electron chi connectivity index (χ0n) is 12.3. The molecule has 3 rings (SSSR count). The first-order valence-corrected chi connectivity index (χ1v) is 8.36. The molecule has 114 valence electrons. The van der Waals surface area contributed by atoms with Gasteiger partial charge in [0.25, 0.3) is 5.91 Å². The SMILES string of the molecule is O=C(NC[C@@H]1CCN(c2ccccc2)C1)c1ccccc1Br. The van der Waals surface area contributed by atoms with Crippen LogP contribution in [-0.2, 0) is 0 Å². The van der Waals surface area contributed by atoms with Gasteiger partial charge in [-0.1, -0.05) is 30.3 Å². The molecule has 1 aliphatic rings. The van der Waals surface area contributed by atoms with E-state index in [0.717, 1.165) is 30.5 Å². The van der Waals surface area contributed by atoms with Gasteiger partial charge in [-0.15, -0.1) is 0 Å². The van der Waals surface area contributed by atoms with E-state index in [1.165, 1.54) is 5.69 Å². The van der Waals surface area contributed by atoms with Crippen molar-refractivity contribution < 1.29 is 4.79 Å². The van der Waals surface area contributed by atoms with E-state index in [-0.39, 0.29) is 5.91 Å². The van der Waals surface area contributed by atoms with E-state index in [9.17, 15) is 4.79 Å². The highest BCUT2D eigenvalue weighted by molar-refractivity contribution is 9.10. The molecule has 0 aliphatic carbocycles. The van der Waals surface area contributed by atoms with Crippen molar-refractivity contribution in [1.82, 2.24) is 5.32 Å². The van der Waals surface area contributed by atoms with Crippen LogP contribution >= 0.6 is 15.9 Å². The van der Waals surface area contributed by atoms with Crippen LogP contribution in [-0.4, -0.2) is 25.5 Å². The molecule has 0 radical (unpaired) electrons. The molecule has 0 unspecified atom stereocenters. The lowest BCUT2D eigenvalue weighted by Crippen LogP contribution is -2.31. The topological polar surface area (TPSA) is 32.3 Å². The molecule has 2 aromatic carbocycles. The number of hydrogen-bond acceptors (Lipinski definition) is 2. The number of nitrogens with one attached hydrogen (secondary N) is 1. The van der Waals surface area contributed by atoms with Crippen LogP contribution < -0.4 is 10.2 Å².